The molecule has 0 spiro atoms. The van der Waals surface area contributed by atoms with Gasteiger partial charge < -0.3 is 8.23 Å². The van der Waals surface area contributed by atoms with Gasteiger partial charge in [0.1, 0.15) is 0 Å². The second kappa shape index (κ2) is 8.65. The van der Waals surface area contributed by atoms with Crippen molar-refractivity contribution >= 4 is 32.0 Å². The summed E-state index contributed by atoms with van der Waals surface area (Å²) >= 11 is 0. The van der Waals surface area contributed by atoms with Gasteiger partial charge in [0.05, 0.1) is 0 Å². The summed E-state index contributed by atoms with van der Waals surface area (Å²) in [5.41, 5.74) is 0.0519. The Labute approximate surface area is 169 Å². The van der Waals surface area contributed by atoms with Crippen LogP contribution in [0.4, 0.5) is 30.7 Å². The highest BCUT2D eigenvalue weighted by atomic mass is 28.4. The number of rotatable bonds is 8. The first-order chi connectivity index (χ1) is 12.8. The lowest BCUT2D eigenvalue weighted by Gasteiger charge is -2.37. The van der Waals surface area contributed by atoms with Gasteiger partial charge in [-0.1, -0.05) is 30.3 Å². The summed E-state index contributed by atoms with van der Waals surface area (Å²) in [6.07, 6.45) is -5.79. The van der Waals surface area contributed by atoms with E-state index in [1.54, 1.807) is 45.3 Å². The molecule has 0 atom stereocenters. The van der Waals surface area contributed by atoms with Crippen molar-refractivity contribution in [2.45, 2.75) is 57.3 Å². The lowest BCUT2D eigenvalue weighted by molar-refractivity contribution is -0.343. The fourth-order valence-electron chi connectivity index (χ4n) is 2.19. The lowest BCUT2D eigenvalue weighted by atomic mass is 10.1. The second-order valence-electron chi connectivity index (χ2n) is 8.45. The van der Waals surface area contributed by atoms with Crippen LogP contribution >= 0.6 is 0 Å². The van der Waals surface area contributed by atoms with Crippen molar-refractivity contribution in [1.29, 1.82) is 0 Å². The van der Waals surface area contributed by atoms with Crippen LogP contribution in [-0.2, 0) is 8.23 Å². The third-order valence-electron chi connectivity index (χ3n) is 3.41. The van der Waals surface area contributed by atoms with Crippen molar-refractivity contribution in [3.63, 3.8) is 0 Å². The molecule has 0 saturated heterocycles. The van der Waals surface area contributed by atoms with Gasteiger partial charge in [0.2, 0.25) is 0 Å². The molecule has 0 aliphatic rings. The highest BCUT2D eigenvalue weighted by molar-refractivity contribution is 6.83. The fraction of sp³-hybridized carbons (Fsp3) is 0.529. The maximum Gasteiger partial charge on any atom is 0.460 e. The Morgan fingerprint density at radius 3 is 1.55 bits per heavy atom. The van der Waals surface area contributed by atoms with E-state index in [9.17, 15) is 30.7 Å². The van der Waals surface area contributed by atoms with Gasteiger partial charge in [0, 0.05) is 5.20 Å². The van der Waals surface area contributed by atoms with E-state index in [-0.39, 0.29) is 5.56 Å². The highest BCUT2D eigenvalue weighted by Crippen LogP contribution is 2.51. The number of hydrogen-bond acceptors (Lipinski definition) is 2. The van der Waals surface area contributed by atoms with Crippen molar-refractivity contribution in [3.05, 3.63) is 41.1 Å². The van der Waals surface area contributed by atoms with Crippen LogP contribution in [0, 0.1) is 0 Å². The molecule has 0 aromatic heterocycles. The third-order valence-corrected chi connectivity index (χ3v) is 11.8. The van der Waals surface area contributed by atoms with Crippen LogP contribution in [0.15, 0.2) is 35.5 Å². The van der Waals surface area contributed by atoms with E-state index in [0.29, 0.717) is 6.08 Å². The van der Waals surface area contributed by atoms with Crippen LogP contribution in [0.3, 0.4) is 0 Å². The molecule has 166 valence electrons. The zero-order chi connectivity index (χ0) is 22.9. The zero-order valence-electron chi connectivity index (χ0n) is 17.0. The molecule has 0 N–H and O–H groups in total. The van der Waals surface area contributed by atoms with Gasteiger partial charge in [-0.25, -0.2) is 0 Å². The first-order valence-corrected chi connectivity index (χ1v) is 17.1. The summed E-state index contributed by atoms with van der Waals surface area (Å²) in [5.74, 6) is -11.8. The summed E-state index contributed by atoms with van der Waals surface area (Å²) in [6, 6.07) is 7.13. The van der Waals surface area contributed by atoms with Crippen LogP contribution in [0.1, 0.15) is 5.56 Å². The molecule has 1 aromatic carbocycles. The molecule has 2 nitrogen and oxygen atoms in total. The third kappa shape index (κ3) is 7.05. The maximum absolute atomic E-state index is 14.8. The molecule has 0 fully saturated rings. The summed E-state index contributed by atoms with van der Waals surface area (Å²) in [6.45, 7) is 9.75. The summed E-state index contributed by atoms with van der Waals surface area (Å²) < 4.78 is 107. The van der Waals surface area contributed by atoms with Gasteiger partial charge in [-0.05, 0) is 50.9 Å². The van der Waals surface area contributed by atoms with Crippen molar-refractivity contribution in [3.8, 4) is 0 Å². The largest absolute Gasteiger partial charge is 0.460 e. The van der Waals surface area contributed by atoms with E-state index >= 15 is 0 Å². The molecular formula is C17H25F7O2Si3. The van der Waals surface area contributed by atoms with Crippen LogP contribution in [0.2, 0.25) is 39.3 Å². The van der Waals surface area contributed by atoms with Crippen LogP contribution in [0.5, 0.6) is 0 Å². The Hall–Kier alpha value is -0.959. The van der Waals surface area contributed by atoms with Gasteiger partial charge in [-0.2, -0.15) is 30.7 Å². The van der Waals surface area contributed by atoms with E-state index in [1.165, 1.54) is 24.3 Å². The lowest BCUT2D eigenvalue weighted by Crippen LogP contribution is -2.57. The van der Waals surface area contributed by atoms with Gasteiger partial charge in [-0.15, -0.1) is 0 Å². The smallest absolute Gasteiger partial charge is 0.436 e. The first kappa shape index (κ1) is 26.1. The molecule has 12 heteroatoms. The Morgan fingerprint density at radius 1 is 0.793 bits per heavy atom. The van der Waals surface area contributed by atoms with Crippen molar-refractivity contribution in [2.24, 2.45) is 0 Å². The van der Waals surface area contributed by atoms with Crippen LogP contribution in [0.25, 0.3) is 6.08 Å². The Balaban J connectivity index is 3.71. The van der Waals surface area contributed by atoms with E-state index in [1.807, 2.05) is 0 Å². The van der Waals surface area contributed by atoms with Gasteiger partial charge in [0.15, 0.2) is 16.6 Å². The Morgan fingerprint density at radius 2 is 1.21 bits per heavy atom. The normalized spacial score (nSPS) is 15.2. The number of benzene rings is 1. The molecule has 1 rings (SSSR count). The van der Waals surface area contributed by atoms with Crippen LogP contribution < -0.4 is 0 Å². The minimum Gasteiger partial charge on any atom is -0.436 e. The van der Waals surface area contributed by atoms with Crippen molar-refractivity contribution < 1.29 is 39.0 Å². The molecule has 29 heavy (non-hydrogen) atoms. The SMILES string of the molecule is C[Si](C)(C)O[SiH](O[Si](C)(C)C)C(=Cc1ccccc1)C(F)(F)C(F)(F)C(F)(F)F. The second-order valence-corrected chi connectivity index (χ2v) is 20.1. The summed E-state index contributed by atoms with van der Waals surface area (Å²) in [4.78, 5) is 0. The highest BCUT2D eigenvalue weighted by Gasteiger charge is 2.75. The summed E-state index contributed by atoms with van der Waals surface area (Å²) in [5, 5.41) is -1.42. The quantitative estimate of drug-likeness (QED) is 0.319. The molecule has 0 unspecified atom stereocenters. The minimum atomic E-state index is -6.44. The molecule has 0 aliphatic carbocycles. The van der Waals surface area contributed by atoms with E-state index < -0.39 is 49.1 Å². The number of hydrogen-bond donors (Lipinski definition) is 0. The predicted molar refractivity (Wildman–Crippen MR) is 106 cm³/mol. The molecule has 1 aromatic rings. The number of halogens is 7. The Bertz CT molecular complexity index is 692. The van der Waals surface area contributed by atoms with Gasteiger partial charge >= 0.3 is 27.3 Å². The Kier molecular flexibility index (Phi) is 7.78. The van der Waals surface area contributed by atoms with Gasteiger partial charge in [-0.3, -0.25) is 0 Å². The van der Waals surface area contributed by atoms with E-state index in [0.717, 1.165) is 0 Å². The van der Waals surface area contributed by atoms with E-state index in [4.69, 9.17) is 8.23 Å². The zero-order valence-corrected chi connectivity index (χ0v) is 20.2. The van der Waals surface area contributed by atoms with Crippen LogP contribution in [-0.4, -0.2) is 43.9 Å². The maximum atomic E-state index is 14.8. The molecular weight excluding hydrogens is 453 g/mol. The van der Waals surface area contributed by atoms with Crippen molar-refractivity contribution in [2.75, 3.05) is 0 Å². The average molecular weight is 479 g/mol. The fourth-order valence-corrected chi connectivity index (χ4v) is 9.77. The molecule has 0 aliphatic heterocycles. The first-order valence-electron chi connectivity index (χ1n) is 8.73. The topological polar surface area (TPSA) is 18.5 Å². The minimum absolute atomic E-state index is 0.0519. The van der Waals surface area contributed by atoms with Crippen molar-refractivity contribution in [1.82, 2.24) is 0 Å². The number of alkyl halides is 7. The standard InChI is InChI=1S/C17H25F7O2Si3/c1-28(2,3)25-27(26-29(4,5)6)14(12-13-10-8-7-9-11-13)15(18,19)16(20,21)17(22,23)24/h7-12,27H,1-6H3. The van der Waals surface area contributed by atoms with Gasteiger partial charge in [0.25, 0.3) is 0 Å². The molecule has 0 bridgehead atoms. The summed E-state index contributed by atoms with van der Waals surface area (Å²) in [7, 11) is -9.06. The average Bonchev–Trinajstić information content (AvgIpc) is 2.48. The molecule has 0 heterocycles. The molecule has 0 amide bonds. The predicted octanol–water partition coefficient (Wildman–Crippen LogP) is 6.37. The number of allylic oxidation sites excluding steroid dienone is 1. The van der Waals surface area contributed by atoms with E-state index in [2.05, 4.69) is 0 Å². The molecule has 0 radical (unpaired) electrons. The monoisotopic (exact) mass is 478 g/mol. The molecule has 0 saturated carbocycles.